The number of hydrogen-bond acceptors (Lipinski definition) is 6. The molecule has 142 valence electrons. The molecular formula is C19H21N3O5. The summed E-state index contributed by atoms with van der Waals surface area (Å²) in [4.78, 5) is 36.5. The largest absolute Gasteiger partial charge is 0.452 e. The molecule has 8 heteroatoms. The van der Waals surface area contributed by atoms with Crippen LogP contribution in [-0.2, 0) is 16.1 Å². The van der Waals surface area contributed by atoms with Gasteiger partial charge in [0.25, 0.3) is 11.6 Å². The first-order valence-electron chi connectivity index (χ1n) is 8.41. The summed E-state index contributed by atoms with van der Waals surface area (Å²) in [6, 6.07) is 13.4. The second kappa shape index (κ2) is 9.33. The summed E-state index contributed by atoms with van der Waals surface area (Å²) in [6.45, 7) is 2.28. The van der Waals surface area contributed by atoms with Gasteiger partial charge in [-0.05, 0) is 24.6 Å². The summed E-state index contributed by atoms with van der Waals surface area (Å²) in [6.07, 6.45) is 0. The molecule has 0 unspecified atom stereocenters. The molecule has 27 heavy (non-hydrogen) atoms. The average molecular weight is 371 g/mol. The molecule has 0 saturated heterocycles. The third kappa shape index (κ3) is 5.27. The molecule has 1 amide bonds. The molecule has 0 aromatic heterocycles. The van der Waals surface area contributed by atoms with Crippen LogP contribution in [0.25, 0.3) is 0 Å². The van der Waals surface area contributed by atoms with E-state index in [2.05, 4.69) is 5.32 Å². The number of nitro groups is 1. The van der Waals surface area contributed by atoms with Gasteiger partial charge in [0.2, 0.25) is 0 Å². The number of carbonyl (C=O) groups excluding carboxylic acids is 2. The minimum absolute atomic E-state index is 0.0135. The molecule has 0 atom stereocenters. The second-order valence-electron chi connectivity index (χ2n) is 5.71. The Bertz CT molecular complexity index is 823. The van der Waals surface area contributed by atoms with E-state index in [9.17, 15) is 19.7 Å². The Kier molecular flexibility index (Phi) is 6.87. The van der Waals surface area contributed by atoms with Crippen LogP contribution in [0, 0.1) is 10.1 Å². The van der Waals surface area contributed by atoms with Crippen LogP contribution < -0.4 is 5.32 Å². The maximum Gasteiger partial charge on any atom is 0.338 e. The van der Waals surface area contributed by atoms with Crippen LogP contribution in [-0.4, -0.2) is 41.9 Å². The van der Waals surface area contributed by atoms with Crippen LogP contribution in [0.2, 0.25) is 0 Å². The predicted octanol–water partition coefficient (Wildman–Crippen LogP) is 2.84. The van der Waals surface area contributed by atoms with E-state index in [4.69, 9.17) is 4.74 Å². The zero-order valence-electron chi connectivity index (χ0n) is 15.2. The minimum atomic E-state index is -0.787. The third-order valence-corrected chi connectivity index (χ3v) is 3.98. The molecule has 0 spiro atoms. The van der Waals surface area contributed by atoms with Crippen molar-refractivity contribution in [3.63, 3.8) is 0 Å². The lowest BCUT2D eigenvalue weighted by Crippen LogP contribution is -2.34. The third-order valence-electron chi connectivity index (χ3n) is 3.98. The highest BCUT2D eigenvalue weighted by atomic mass is 16.6. The molecule has 8 nitrogen and oxygen atoms in total. The van der Waals surface area contributed by atoms with Crippen molar-refractivity contribution in [1.29, 1.82) is 0 Å². The van der Waals surface area contributed by atoms with Gasteiger partial charge in [-0.25, -0.2) is 4.79 Å². The number of hydrogen-bond donors (Lipinski definition) is 1. The molecule has 0 bridgehead atoms. The van der Waals surface area contributed by atoms with E-state index >= 15 is 0 Å². The Labute approximate surface area is 156 Å². The zero-order valence-corrected chi connectivity index (χ0v) is 15.2. The average Bonchev–Trinajstić information content (AvgIpc) is 2.70. The number of rotatable bonds is 8. The number of nitro benzene ring substituents is 1. The van der Waals surface area contributed by atoms with Gasteiger partial charge >= 0.3 is 5.97 Å². The summed E-state index contributed by atoms with van der Waals surface area (Å²) < 4.78 is 5.05. The Balaban J connectivity index is 2.00. The van der Waals surface area contributed by atoms with Crippen LogP contribution in [0.5, 0.6) is 0 Å². The molecule has 2 aromatic carbocycles. The first-order chi connectivity index (χ1) is 13.0. The maximum absolute atomic E-state index is 12.3. The van der Waals surface area contributed by atoms with Crippen LogP contribution in [0.4, 0.5) is 11.4 Å². The molecule has 0 radical (unpaired) electrons. The van der Waals surface area contributed by atoms with Gasteiger partial charge in [-0.1, -0.05) is 30.3 Å². The van der Waals surface area contributed by atoms with Gasteiger partial charge < -0.3 is 15.0 Å². The number of likely N-dealkylation sites (N-methyl/N-ethyl adjacent to an activating group) is 1. The van der Waals surface area contributed by atoms with E-state index in [-0.39, 0.29) is 22.8 Å². The quantitative estimate of drug-likeness (QED) is 0.435. The summed E-state index contributed by atoms with van der Waals surface area (Å²) in [5.41, 5.74) is 1.03. The van der Waals surface area contributed by atoms with Gasteiger partial charge in [0.1, 0.15) is 5.69 Å². The molecule has 2 aromatic rings. The van der Waals surface area contributed by atoms with E-state index in [1.165, 1.54) is 12.1 Å². The predicted molar refractivity (Wildman–Crippen MR) is 100 cm³/mol. The molecule has 0 aliphatic rings. The topological polar surface area (TPSA) is 102 Å². The molecule has 0 saturated carbocycles. The van der Waals surface area contributed by atoms with Crippen molar-refractivity contribution >= 4 is 23.3 Å². The van der Waals surface area contributed by atoms with Crippen LogP contribution in [0.3, 0.4) is 0 Å². The van der Waals surface area contributed by atoms with Gasteiger partial charge in [0.15, 0.2) is 6.61 Å². The number of ether oxygens (including phenoxy) is 1. The Morgan fingerprint density at radius 1 is 1.19 bits per heavy atom. The van der Waals surface area contributed by atoms with Gasteiger partial charge in [-0.3, -0.25) is 14.9 Å². The van der Waals surface area contributed by atoms with Gasteiger partial charge in [-0.15, -0.1) is 0 Å². The highest BCUT2D eigenvalue weighted by Gasteiger charge is 2.19. The van der Waals surface area contributed by atoms with Crippen molar-refractivity contribution < 1.29 is 19.2 Å². The molecule has 1 N–H and O–H groups in total. The molecule has 0 heterocycles. The second-order valence-corrected chi connectivity index (χ2v) is 5.71. The van der Waals surface area contributed by atoms with Crippen molar-refractivity contribution in [1.82, 2.24) is 4.90 Å². The fraction of sp³-hybridized carbons (Fsp3) is 0.263. The normalized spacial score (nSPS) is 10.1. The molecule has 0 aliphatic heterocycles. The van der Waals surface area contributed by atoms with Crippen LogP contribution in [0.15, 0.2) is 48.5 Å². The minimum Gasteiger partial charge on any atom is -0.452 e. The molecule has 0 aliphatic carbocycles. The summed E-state index contributed by atoms with van der Waals surface area (Å²) in [7, 11) is 1.55. The molecule has 2 rings (SSSR count). The Morgan fingerprint density at radius 2 is 1.89 bits per heavy atom. The zero-order chi connectivity index (χ0) is 19.8. The van der Waals surface area contributed by atoms with Crippen molar-refractivity contribution in [2.24, 2.45) is 0 Å². The number of nitrogens with one attached hydrogen (secondary N) is 1. The SMILES string of the molecule is CCN(Cc1ccccc1)C(=O)COC(=O)c1ccc(NC)c([N+](=O)[O-])c1. The summed E-state index contributed by atoms with van der Waals surface area (Å²) >= 11 is 0. The summed E-state index contributed by atoms with van der Waals surface area (Å²) in [5.74, 6) is -1.12. The first-order valence-corrected chi connectivity index (χ1v) is 8.41. The highest BCUT2D eigenvalue weighted by molar-refractivity contribution is 5.93. The van der Waals surface area contributed by atoms with Crippen molar-refractivity contribution in [2.75, 3.05) is 25.5 Å². The van der Waals surface area contributed by atoms with Gasteiger partial charge in [0.05, 0.1) is 10.5 Å². The fourth-order valence-corrected chi connectivity index (χ4v) is 2.50. The van der Waals surface area contributed by atoms with Gasteiger partial charge in [0, 0.05) is 26.2 Å². The fourth-order valence-electron chi connectivity index (χ4n) is 2.50. The van der Waals surface area contributed by atoms with E-state index < -0.39 is 17.5 Å². The van der Waals surface area contributed by atoms with E-state index in [0.717, 1.165) is 11.6 Å². The Morgan fingerprint density at radius 3 is 2.48 bits per heavy atom. The number of benzene rings is 2. The summed E-state index contributed by atoms with van der Waals surface area (Å²) in [5, 5.41) is 13.8. The van der Waals surface area contributed by atoms with Crippen LogP contribution in [0.1, 0.15) is 22.8 Å². The first kappa shape index (κ1) is 19.9. The van der Waals surface area contributed by atoms with E-state index in [1.54, 1.807) is 11.9 Å². The Hall–Kier alpha value is -3.42. The number of amides is 1. The standard InChI is InChI=1S/C19H21N3O5/c1-3-21(12-14-7-5-4-6-8-14)18(23)13-27-19(24)15-9-10-16(20-2)17(11-15)22(25)26/h4-11,20H,3,12-13H2,1-2H3. The molecular weight excluding hydrogens is 350 g/mol. The van der Waals surface area contributed by atoms with Crippen LogP contribution >= 0.6 is 0 Å². The van der Waals surface area contributed by atoms with E-state index in [1.807, 2.05) is 37.3 Å². The lowest BCUT2D eigenvalue weighted by atomic mass is 10.1. The number of anilines is 1. The number of nitrogens with zero attached hydrogens (tertiary/aromatic N) is 2. The van der Waals surface area contributed by atoms with Gasteiger partial charge in [-0.2, -0.15) is 0 Å². The number of carbonyl (C=O) groups is 2. The van der Waals surface area contributed by atoms with Crippen molar-refractivity contribution in [3.05, 3.63) is 69.8 Å². The van der Waals surface area contributed by atoms with Crippen molar-refractivity contribution in [3.8, 4) is 0 Å². The monoisotopic (exact) mass is 371 g/mol. The maximum atomic E-state index is 12.3. The smallest absolute Gasteiger partial charge is 0.338 e. The van der Waals surface area contributed by atoms with E-state index in [0.29, 0.717) is 13.1 Å². The highest BCUT2D eigenvalue weighted by Crippen LogP contribution is 2.25. The lowest BCUT2D eigenvalue weighted by Gasteiger charge is -2.20. The van der Waals surface area contributed by atoms with Crippen molar-refractivity contribution in [2.45, 2.75) is 13.5 Å². The number of esters is 1. The molecule has 0 fully saturated rings. The lowest BCUT2D eigenvalue weighted by molar-refractivity contribution is -0.384.